The van der Waals surface area contributed by atoms with Crippen LogP contribution in [-0.2, 0) is 15.1 Å². The number of ketones is 1. The lowest BCUT2D eigenvalue weighted by atomic mass is 9.76. The molecule has 2 aromatic rings. The molecule has 1 atom stereocenters. The van der Waals surface area contributed by atoms with Crippen molar-refractivity contribution in [1.29, 1.82) is 0 Å². The van der Waals surface area contributed by atoms with Crippen molar-refractivity contribution in [3.05, 3.63) is 69.5 Å². The molecule has 36 heavy (non-hydrogen) atoms. The maximum atomic E-state index is 15.4. The first-order valence-electron chi connectivity index (χ1n) is 11.7. The van der Waals surface area contributed by atoms with Gasteiger partial charge in [-0.05, 0) is 88.4 Å². The first-order valence-corrected chi connectivity index (χ1v) is 12.0. The van der Waals surface area contributed by atoms with Crippen molar-refractivity contribution in [2.45, 2.75) is 51.7 Å². The highest BCUT2D eigenvalue weighted by molar-refractivity contribution is 6.30. The quantitative estimate of drug-likeness (QED) is 0.423. The Morgan fingerprint density at radius 2 is 1.64 bits per heavy atom. The third-order valence-corrected chi connectivity index (χ3v) is 6.61. The minimum absolute atomic E-state index is 0.142. The van der Waals surface area contributed by atoms with E-state index in [1.54, 1.807) is 25.7 Å². The smallest absolute Gasteiger partial charge is 0.410 e. The lowest BCUT2D eigenvalue weighted by Crippen LogP contribution is -2.46. The fourth-order valence-electron chi connectivity index (χ4n) is 4.33. The monoisotopic (exact) mass is 519 g/mol. The number of piperidine rings is 1. The van der Waals surface area contributed by atoms with E-state index in [2.05, 4.69) is 0 Å². The van der Waals surface area contributed by atoms with Crippen LogP contribution >= 0.6 is 11.6 Å². The van der Waals surface area contributed by atoms with Crippen molar-refractivity contribution < 1.29 is 33.4 Å². The highest BCUT2D eigenvalue weighted by atomic mass is 35.5. The summed E-state index contributed by atoms with van der Waals surface area (Å²) in [5.41, 5.74) is -2.58. The first-order chi connectivity index (χ1) is 16.7. The standard InChI is InChI=1S/C27H31ClFNO6/c1-26(2,3)36-25(33)30-12-10-17(11-13-30)27(4,34)18-14-20(24(32)35-5)22(21(29)15-18)23(31)16-6-8-19(28)9-7-16/h6-9,14-15,17,34H,10-13H2,1-5H3. The van der Waals surface area contributed by atoms with Gasteiger partial charge < -0.3 is 19.5 Å². The van der Waals surface area contributed by atoms with Gasteiger partial charge in [0.15, 0.2) is 5.78 Å². The molecule has 1 aliphatic heterocycles. The molecule has 0 radical (unpaired) electrons. The van der Waals surface area contributed by atoms with E-state index in [4.69, 9.17) is 21.1 Å². The van der Waals surface area contributed by atoms with Gasteiger partial charge in [0, 0.05) is 23.7 Å². The predicted octanol–water partition coefficient (Wildman–Crippen LogP) is 5.35. The molecule has 0 aliphatic carbocycles. The van der Waals surface area contributed by atoms with Gasteiger partial charge in [0.1, 0.15) is 11.4 Å². The second-order valence-corrected chi connectivity index (χ2v) is 10.5. The maximum absolute atomic E-state index is 15.4. The van der Waals surface area contributed by atoms with E-state index in [1.807, 2.05) is 0 Å². The number of hydrogen-bond acceptors (Lipinski definition) is 6. The summed E-state index contributed by atoms with van der Waals surface area (Å²) in [6.45, 7) is 7.62. The Morgan fingerprint density at radius 1 is 1.06 bits per heavy atom. The van der Waals surface area contributed by atoms with Crippen LogP contribution in [0.5, 0.6) is 0 Å². The summed E-state index contributed by atoms with van der Waals surface area (Å²) in [4.78, 5) is 39.6. The van der Waals surface area contributed by atoms with Gasteiger partial charge in [0.25, 0.3) is 0 Å². The Labute approximate surface area is 215 Å². The molecular weight excluding hydrogens is 489 g/mol. The highest BCUT2D eigenvalue weighted by Crippen LogP contribution is 2.38. The zero-order valence-electron chi connectivity index (χ0n) is 21.1. The SMILES string of the molecule is COC(=O)c1cc(C(C)(O)C2CCN(C(=O)OC(C)(C)C)CC2)cc(F)c1C(=O)c1ccc(Cl)cc1. The van der Waals surface area contributed by atoms with Crippen LogP contribution in [-0.4, -0.2) is 53.7 Å². The van der Waals surface area contributed by atoms with E-state index < -0.39 is 40.4 Å². The number of benzene rings is 2. The van der Waals surface area contributed by atoms with Gasteiger partial charge in [-0.1, -0.05) is 11.6 Å². The van der Waals surface area contributed by atoms with E-state index in [1.165, 1.54) is 37.3 Å². The average molecular weight is 520 g/mol. The Hall–Kier alpha value is -2.97. The number of esters is 1. The minimum Gasteiger partial charge on any atom is -0.465 e. The Morgan fingerprint density at radius 3 is 2.17 bits per heavy atom. The number of hydrogen-bond donors (Lipinski definition) is 1. The number of rotatable bonds is 5. The number of carbonyl (C=O) groups excluding carboxylic acids is 3. The Kier molecular flexibility index (Phi) is 8.10. The predicted molar refractivity (Wildman–Crippen MR) is 133 cm³/mol. The van der Waals surface area contributed by atoms with Crippen molar-refractivity contribution in [2.75, 3.05) is 20.2 Å². The molecule has 0 spiro atoms. The van der Waals surface area contributed by atoms with Crippen LogP contribution < -0.4 is 0 Å². The molecule has 1 fully saturated rings. The van der Waals surface area contributed by atoms with Crippen LogP contribution in [0.15, 0.2) is 36.4 Å². The molecule has 194 valence electrons. The number of amides is 1. The van der Waals surface area contributed by atoms with Crippen LogP contribution in [0, 0.1) is 11.7 Å². The van der Waals surface area contributed by atoms with Crippen LogP contribution in [0.2, 0.25) is 5.02 Å². The number of methoxy groups -OCH3 is 1. The molecule has 9 heteroatoms. The van der Waals surface area contributed by atoms with Gasteiger partial charge in [-0.2, -0.15) is 0 Å². The molecule has 1 N–H and O–H groups in total. The topological polar surface area (TPSA) is 93.1 Å². The number of aliphatic hydroxyl groups is 1. The number of nitrogens with zero attached hydrogens (tertiary/aromatic N) is 1. The molecule has 3 rings (SSSR count). The molecular formula is C27H31ClFNO6. The highest BCUT2D eigenvalue weighted by Gasteiger charge is 2.39. The third-order valence-electron chi connectivity index (χ3n) is 6.36. The third kappa shape index (κ3) is 6.05. The zero-order valence-corrected chi connectivity index (χ0v) is 21.8. The number of carbonyl (C=O) groups is 3. The van der Waals surface area contributed by atoms with Crippen molar-refractivity contribution in [3.63, 3.8) is 0 Å². The van der Waals surface area contributed by atoms with Crippen molar-refractivity contribution in [3.8, 4) is 0 Å². The molecule has 0 aromatic heterocycles. The van der Waals surface area contributed by atoms with Gasteiger partial charge >= 0.3 is 12.1 Å². The van der Waals surface area contributed by atoms with Gasteiger partial charge in [0.2, 0.25) is 0 Å². The second kappa shape index (κ2) is 10.6. The van der Waals surface area contributed by atoms with Gasteiger partial charge in [-0.25, -0.2) is 14.0 Å². The summed E-state index contributed by atoms with van der Waals surface area (Å²) >= 11 is 5.88. The zero-order chi connectivity index (χ0) is 26.8. The van der Waals surface area contributed by atoms with E-state index >= 15 is 4.39 Å². The minimum atomic E-state index is -1.54. The van der Waals surface area contributed by atoms with Crippen LogP contribution in [0.25, 0.3) is 0 Å². The first kappa shape index (κ1) is 27.6. The summed E-state index contributed by atoms with van der Waals surface area (Å²) in [7, 11) is 1.13. The molecule has 1 saturated heterocycles. The van der Waals surface area contributed by atoms with Crippen LogP contribution in [0.3, 0.4) is 0 Å². The van der Waals surface area contributed by atoms with E-state index in [-0.39, 0.29) is 22.6 Å². The van der Waals surface area contributed by atoms with Crippen LogP contribution in [0.4, 0.5) is 9.18 Å². The lowest BCUT2D eigenvalue weighted by molar-refractivity contribution is -0.0386. The fraction of sp³-hybridized carbons (Fsp3) is 0.444. The maximum Gasteiger partial charge on any atom is 0.410 e. The van der Waals surface area contributed by atoms with Crippen molar-refractivity contribution in [1.82, 2.24) is 4.90 Å². The van der Waals surface area contributed by atoms with E-state index in [0.29, 0.717) is 31.0 Å². The fourth-order valence-corrected chi connectivity index (χ4v) is 4.46. The molecule has 2 aromatic carbocycles. The summed E-state index contributed by atoms with van der Waals surface area (Å²) in [6, 6.07) is 8.25. The molecule has 1 amide bonds. The Balaban J connectivity index is 1.90. The summed E-state index contributed by atoms with van der Waals surface area (Å²) in [5.74, 6) is -2.89. The largest absolute Gasteiger partial charge is 0.465 e. The summed E-state index contributed by atoms with van der Waals surface area (Å²) in [5, 5.41) is 11.9. The molecule has 0 bridgehead atoms. The van der Waals surface area contributed by atoms with Crippen LogP contribution in [0.1, 0.15) is 72.4 Å². The van der Waals surface area contributed by atoms with E-state index in [9.17, 15) is 19.5 Å². The average Bonchev–Trinajstić information content (AvgIpc) is 2.82. The molecule has 1 aliphatic rings. The van der Waals surface area contributed by atoms with Crippen molar-refractivity contribution in [2.24, 2.45) is 5.92 Å². The number of halogens is 2. The molecule has 0 saturated carbocycles. The van der Waals surface area contributed by atoms with E-state index in [0.717, 1.165) is 13.2 Å². The number of ether oxygens (including phenoxy) is 2. The molecule has 1 heterocycles. The normalized spacial score (nSPS) is 16.3. The number of likely N-dealkylation sites (tertiary alicyclic amines) is 1. The van der Waals surface area contributed by atoms with Gasteiger partial charge in [0.05, 0.1) is 23.8 Å². The lowest BCUT2D eigenvalue weighted by Gasteiger charge is -2.40. The summed E-state index contributed by atoms with van der Waals surface area (Å²) < 4.78 is 25.6. The van der Waals surface area contributed by atoms with Gasteiger partial charge in [-0.3, -0.25) is 4.79 Å². The Bertz CT molecular complexity index is 1150. The second-order valence-electron chi connectivity index (χ2n) is 10.1. The summed E-state index contributed by atoms with van der Waals surface area (Å²) in [6.07, 6.45) is 0.449. The van der Waals surface area contributed by atoms with Gasteiger partial charge in [-0.15, -0.1) is 0 Å². The van der Waals surface area contributed by atoms with Crippen molar-refractivity contribution >= 4 is 29.4 Å². The molecule has 1 unspecified atom stereocenters. The molecule has 7 nitrogen and oxygen atoms in total.